The van der Waals surface area contributed by atoms with Crippen molar-refractivity contribution >= 4 is 29.1 Å². The smallest absolute Gasteiger partial charge is 0.272 e. The number of hydrogen-bond acceptors (Lipinski definition) is 5. The van der Waals surface area contributed by atoms with Gasteiger partial charge in [0, 0.05) is 55.5 Å². The van der Waals surface area contributed by atoms with E-state index in [-0.39, 0.29) is 36.6 Å². The summed E-state index contributed by atoms with van der Waals surface area (Å²) in [6.07, 6.45) is 5.35. The maximum absolute atomic E-state index is 13.4. The van der Waals surface area contributed by atoms with Crippen LogP contribution in [0.2, 0.25) is 0 Å². The number of anilines is 1. The zero-order valence-electron chi connectivity index (χ0n) is 21.2. The van der Waals surface area contributed by atoms with Gasteiger partial charge in [0.05, 0.1) is 5.69 Å². The van der Waals surface area contributed by atoms with Gasteiger partial charge in [-0.05, 0) is 44.4 Å². The average Bonchev–Trinajstić information content (AvgIpc) is 3.21. The van der Waals surface area contributed by atoms with Crippen molar-refractivity contribution in [1.82, 2.24) is 24.8 Å². The van der Waals surface area contributed by atoms with E-state index >= 15 is 0 Å². The van der Waals surface area contributed by atoms with E-state index < -0.39 is 0 Å². The SMILES string of the molecule is CCc1cc(C(=O)N2CCCCCC2C)nc2cc(-c3ccc(NC(=O)CCC(=O)NC)cc3)nn12. The normalized spacial score (nSPS) is 16.0. The van der Waals surface area contributed by atoms with E-state index in [0.717, 1.165) is 55.6 Å². The van der Waals surface area contributed by atoms with Crippen LogP contribution in [0.5, 0.6) is 0 Å². The van der Waals surface area contributed by atoms with Crippen LogP contribution in [0.3, 0.4) is 0 Å². The molecule has 1 saturated heterocycles. The van der Waals surface area contributed by atoms with Gasteiger partial charge in [-0.2, -0.15) is 5.10 Å². The highest BCUT2D eigenvalue weighted by atomic mass is 16.2. The number of nitrogens with zero attached hydrogens (tertiary/aromatic N) is 4. The quantitative estimate of drug-likeness (QED) is 0.523. The minimum Gasteiger partial charge on any atom is -0.359 e. The minimum absolute atomic E-state index is 0.0131. The second-order valence-corrected chi connectivity index (χ2v) is 9.28. The van der Waals surface area contributed by atoms with E-state index in [1.54, 1.807) is 23.7 Å². The van der Waals surface area contributed by atoms with Crippen molar-refractivity contribution in [3.8, 4) is 11.3 Å². The third-order valence-electron chi connectivity index (χ3n) is 6.72. The first kappa shape index (κ1) is 25.3. The number of carbonyl (C=O) groups excluding carboxylic acids is 3. The van der Waals surface area contributed by atoms with Crippen LogP contribution in [0, 0.1) is 0 Å². The molecule has 0 aliphatic carbocycles. The molecular formula is C27H34N6O3. The molecule has 1 aliphatic rings. The summed E-state index contributed by atoms with van der Waals surface area (Å²) in [7, 11) is 1.55. The molecule has 1 unspecified atom stereocenters. The number of nitrogens with one attached hydrogen (secondary N) is 2. The van der Waals surface area contributed by atoms with Gasteiger partial charge in [-0.3, -0.25) is 14.4 Å². The Morgan fingerprint density at radius 3 is 2.50 bits per heavy atom. The summed E-state index contributed by atoms with van der Waals surface area (Å²) in [5.41, 5.74) is 4.30. The Labute approximate surface area is 211 Å². The van der Waals surface area contributed by atoms with Crippen LogP contribution in [-0.4, -0.2) is 56.9 Å². The Kier molecular flexibility index (Phi) is 7.97. The zero-order chi connectivity index (χ0) is 25.7. The molecule has 1 aromatic carbocycles. The summed E-state index contributed by atoms with van der Waals surface area (Å²) in [6.45, 7) is 4.93. The molecule has 2 aromatic heterocycles. The predicted molar refractivity (Wildman–Crippen MR) is 139 cm³/mol. The summed E-state index contributed by atoms with van der Waals surface area (Å²) in [5, 5.41) is 10.1. The van der Waals surface area contributed by atoms with Gasteiger partial charge in [0.15, 0.2) is 5.65 Å². The van der Waals surface area contributed by atoms with Gasteiger partial charge in [0.25, 0.3) is 5.91 Å². The topological polar surface area (TPSA) is 109 Å². The lowest BCUT2D eigenvalue weighted by Gasteiger charge is -2.27. The molecule has 1 aliphatic heterocycles. The number of aromatic nitrogens is 3. The van der Waals surface area contributed by atoms with E-state index in [4.69, 9.17) is 5.10 Å². The molecule has 3 amide bonds. The molecule has 2 N–H and O–H groups in total. The van der Waals surface area contributed by atoms with Gasteiger partial charge in [0.1, 0.15) is 5.69 Å². The van der Waals surface area contributed by atoms with Crippen LogP contribution >= 0.6 is 0 Å². The monoisotopic (exact) mass is 490 g/mol. The number of hydrogen-bond donors (Lipinski definition) is 2. The Bertz CT molecular complexity index is 1250. The number of benzene rings is 1. The number of fused-ring (bicyclic) bond motifs is 1. The lowest BCUT2D eigenvalue weighted by Crippen LogP contribution is -2.38. The molecule has 4 rings (SSSR count). The standard InChI is InChI=1S/C27H34N6O3/c1-4-21-16-23(27(36)32-15-7-5-6-8-18(32)2)30-24-17-22(31-33(21)24)19-9-11-20(12-10-19)29-26(35)14-13-25(34)28-3/h9-12,16-18H,4-8,13-15H2,1-3H3,(H,28,34)(H,29,35). The van der Waals surface area contributed by atoms with Crippen LogP contribution in [0.15, 0.2) is 36.4 Å². The molecule has 0 bridgehead atoms. The first-order chi connectivity index (χ1) is 17.4. The van der Waals surface area contributed by atoms with E-state index in [2.05, 4.69) is 22.5 Å². The summed E-state index contributed by atoms with van der Waals surface area (Å²) < 4.78 is 1.80. The number of rotatable bonds is 7. The summed E-state index contributed by atoms with van der Waals surface area (Å²) >= 11 is 0. The number of carbonyl (C=O) groups is 3. The molecule has 1 fully saturated rings. The average molecular weight is 491 g/mol. The van der Waals surface area contributed by atoms with Crippen molar-refractivity contribution < 1.29 is 14.4 Å². The third kappa shape index (κ3) is 5.72. The molecular weight excluding hydrogens is 456 g/mol. The van der Waals surface area contributed by atoms with E-state index in [1.165, 1.54) is 0 Å². The Balaban J connectivity index is 1.54. The summed E-state index contributed by atoms with van der Waals surface area (Å²) in [6, 6.07) is 11.3. The molecule has 190 valence electrons. The van der Waals surface area contributed by atoms with Gasteiger partial charge in [-0.15, -0.1) is 0 Å². The highest BCUT2D eigenvalue weighted by molar-refractivity contribution is 5.94. The number of aryl methyl sites for hydroxylation is 1. The van der Waals surface area contributed by atoms with Crippen LogP contribution < -0.4 is 10.6 Å². The molecule has 9 nitrogen and oxygen atoms in total. The predicted octanol–water partition coefficient (Wildman–Crippen LogP) is 3.83. The van der Waals surface area contributed by atoms with E-state index in [0.29, 0.717) is 17.0 Å². The molecule has 36 heavy (non-hydrogen) atoms. The molecule has 0 saturated carbocycles. The largest absolute Gasteiger partial charge is 0.359 e. The van der Waals surface area contributed by atoms with Crippen molar-refractivity contribution in [1.29, 1.82) is 0 Å². The van der Waals surface area contributed by atoms with Crippen LogP contribution in [0.1, 0.15) is 68.6 Å². The highest BCUT2D eigenvalue weighted by Gasteiger charge is 2.25. The Morgan fingerprint density at radius 2 is 1.78 bits per heavy atom. The maximum atomic E-state index is 13.4. The molecule has 1 atom stereocenters. The molecule has 9 heteroatoms. The van der Waals surface area contributed by atoms with Gasteiger partial charge < -0.3 is 15.5 Å². The zero-order valence-corrected chi connectivity index (χ0v) is 21.2. The van der Waals surface area contributed by atoms with Crippen molar-refractivity contribution in [2.24, 2.45) is 0 Å². The second kappa shape index (κ2) is 11.3. The molecule has 3 aromatic rings. The van der Waals surface area contributed by atoms with Gasteiger partial charge in [0.2, 0.25) is 11.8 Å². The molecule has 0 spiro atoms. The van der Waals surface area contributed by atoms with Crippen LogP contribution in [0.4, 0.5) is 5.69 Å². The van der Waals surface area contributed by atoms with Gasteiger partial charge >= 0.3 is 0 Å². The fraction of sp³-hybridized carbons (Fsp3) is 0.444. The second-order valence-electron chi connectivity index (χ2n) is 9.28. The van der Waals surface area contributed by atoms with Crippen LogP contribution in [-0.2, 0) is 16.0 Å². The van der Waals surface area contributed by atoms with Crippen molar-refractivity contribution in [2.45, 2.75) is 64.8 Å². The van der Waals surface area contributed by atoms with Crippen molar-refractivity contribution in [3.05, 3.63) is 47.8 Å². The lowest BCUT2D eigenvalue weighted by molar-refractivity contribution is -0.124. The highest BCUT2D eigenvalue weighted by Crippen LogP contribution is 2.24. The minimum atomic E-state index is -0.216. The maximum Gasteiger partial charge on any atom is 0.272 e. The fourth-order valence-corrected chi connectivity index (χ4v) is 4.56. The van der Waals surface area contributed by atoms with Crippen LogP contribution in [0.25, 0.3) is 16.9 Å². The van der Waals surface area contributed by atoms with Gasteiger partial charge in [-0.1, -0.05) is 31.9 Å². The number of amides is 3. The summed E-state index contributed by atoms with van der Waals surface area (Å²) in [5.74, 6) is -0.397. The fourth-order valence-electron chi connectivity index (χ4n) is 4.56. The van der Waals surface area contributed by atoms with Crippen molar-refractivity contribution in [2.75, 3.05) is 18.9 Å². The van der Waals surface area contributed by atoms with E-state index in [1.807, 2.05) is 36.1 Å². The van der Waals surface area contributed by atoms with E-state index in [9.17, 15) is 14.4 Å². The third-order valence-corrected chi connectivity index (χ3v) is 6.72. The van der Waals surface area contributed by atoms with Gasteiger partial charge in [-0.25, -0.2) is 9.50 Å². The molecule has 0 radical (unpaired) electrons. The first-order valence-corrected chi connectivity index (χ1v) is 12.7. The Hall–Kier alpha value is -3.75. The lowest BCUT2D eigenvalue weighted by atomic mass is 10.1. The summed E-state index contributed by atoms with van der Waals surface area (Å²) in [4.78, 5) is 43.4. The van der Waals surface area contributed by atoms with Crippen molar-refractivity contribution in [3.63, 3.8) is 0 Å². The first-order valence-electron chi connectivity index (χ1n) is 12.7. The number of likely N-dealkylation sites (tertiary alicyclic amines) is 1. The Morgan fingerprint density at radius 1 is 1.03 bits per heavy atom. The molecule has 3 heterocycles.